The number of amides is 3. The molecule has 10 heteroatoms. The van der Waals surface area contributed by atoms with Crippen LogP contribution in [0.2, 0.25) is 5.02 Å². The Morgan fingerprint density at radius 2 is 2.00 bits per heavy atom. The smallest absolute Gasteiger partial charge is 0.321 e. The van der Waals surface area contributed by atoms with Crippen molar-refractivity contribution in [3.8, 4) is 11.4 Å². The number of hydrogen-bond donors (Lipinski definition) is 2. The van der Waals surface area contributed by atoms with E-state index in [1.165, 1.54) is 11.8 Å². The van der Waals surface area contributed by atoms with Gasteiger partial charge in [0.1, 0.15) is 0 Å². The molecular weight excluding hydrogens is 402 g/mol. The largest absolute Gasteiger partial charge is 0.385 e. The van der Waals surface area contributed by atoms with Crippen molar-refractivity contribution in [1.29, 1.82) is 0 Å². The number of halogens is 1. The summed E-state index contributed by atoms with van der Waals surface area (Å²) in [5.74, 6) is 0.294. The van der Waals surface area contributed by atoms with Crippen molar-refractivity contribution in [2.24, 2.45) is 0 Å². The number of urea groups is 1. The quantitative estimate of drug-likeness (QED) is 0.473. The number of thioether (sulfide) groups is 1. The van der Waals surface area contributed by atoms with Gasteiger partial charge in [-0.25, -0.2) is 4.79 Å². The Hall–Kier alpha value is -2.10. The lowest BCUT2D eigenvalue weighted by atomic mass is 10.2. The van der Waals surface area contributed by atoms with Crippen LogP contribution in [0.15, 0.2) is 29.4 Å². The minimum Gasteiger partial charge on any atom is -0.385 e. The van der Waals surface area contributed by atoms with Gasteiger partial charge in [-0.3, -0.25) is 10.1 Å². The van der Waals surface area contributed by atoms with Crippen LogP contribution < -0.4 is 10.6 Å². The molecule has 0 fully saturated rings. The molecule has 2 rings (SSSR count). The van der Waals surface area contributed by atoms with Gasteiger partial charge in [0.25, 0.3) is 0 Å². The molecule has 0 radical (unpaired) electrons. The molecule has 3 amide bonds. The molecular formula is C18H24ClN5O3S. The maximum Gasteiger partial charge on any atom is 0.321 e. The second kappa shape index (κ2) is 11.0. The number of hydrogen-bond acceptors (Lipinski definition) is 6. The summed E-state index contributed by atoms with van der Waals surface area (Å²) in [6.45, 7) is 5.17. The van der Waals surface area contributed by atoms with Crippen molar-refractivity contribution in [2.75, 3.05) is 20.3 Å². The highest BCUT2D eigenvalue weighted by molar-refractivity contribution is 8.00. The molecule has 1 aromatic carbocycles. The van der Waals surface area contributed by atoms with E-state index < -0.39 is 17.2 Å². The Morgan fingerprint density at radius 1 is 1.29 bits per heavy atom. The van der Waals surface area contributed by atoms with Crippen LogP contribution in [-0.2, 0) is 16.1 Å². The SMILES string of the molecule is CCNC(=O)NC(=O)[C@@H](C)Sc1nnc(-c2ccc(Cl)cc2)n1CCCOC. The van der Waals surface area contributed by atoms with Gasteiger partial charge in [-0.1, -0.05) is 23.4 Å². The number of nitrogens with zero attached hydrogens (tertiary/aromatic N) is 3. The highest BCUT2D eigenvalue weighted by Gasteiger charge is 2.22. The molecule has 1 atom stereocenters. The highest BCUT2D eigenvalue weighted by Crippen LogP contribution is 2.28. The summed E-state index contributed by atoms with van der Waals surface area (Å²) in [6.07, 6.45) is 0.766. The molecule has 0 aliphatic carbocycles. The van der Waals surface area contributed by atoms with E-state index in [2.05, 4.69) is 20.8 Å². The first-order valence-corrected chi connectivity index (χ1v) is 10.2. The first-order chi connectivity index (χ1) is 13.5. The van der Waals surface area contributed by atoms with Crippen LogP contribution in [-0.4, -0.2) is 52.2 Å². The lowest BCUT2D eigenvalue weighted by molar-refractivity contribution is -0.119. The van der Waals surface area contributed by atoms with Gasteiger partial charge < -0.3 is 14.6 Å². The van der Waals surface area contributed by atoms with Crippen LogP contribution in [0.25, 0.3) is 11.4 Å². The molecule has 0 bridgehead atoms. The van der Waals surface area contributed by atoms with Crippen LogP contribution in [0.5, 0.6) is 0 Å². The van der Waals surface area contributed by atoms with Crippen molar-refractivity contribution in [3.05, 3.63) is 29.3 Å². The van der Waals surface area contributed by atoms with Crippen molar-refractivity contribution >= 4 is 35.3 Å². The summed E-state index contributed by atoms with van der Waals surface area (Å²) in [4.78, 5) is 23.8. The molecule has 2 N–H and O–H groups in total. The standard InChI is InChI=1S/C18H24ClN5O3S/c1-4-20-17(26)21-16(25)12(2)28-18-23-22-15(24(18)10-5-11-27-3)13-6-8-14(19)9-7-13/h6-9,12H,4-5,10-11H2,1-3H3,(H2,20,21,25,26)/t12-/m1/s1. The van der Waals surface area contributed by atoms with E-state index in [-0.39, 0.29) is 0 Å². The normalized spacial score (nSPS) is 11.9. The molecule has 1 aromatic heterocycles. The Morgan fingerprint density at radius 3 is 2.64 bits per heavy atom. The third kappa shape index (κ3) is 6.22. The van der Waals surface area contributed by atoms with Crippen LogP contribution in [0, 0.1) is 0 Å². The van der Waals surface area contributed by atoms with Gasteiger partial charge in [0.2, 0.25) is 5.91 Å². The number of nitrogens with one attached hydrogen (secondary N) is 2. The van der Waals surface area contributed by atoms with Crippen LogP contribution in [0.3, 0.4) is 0 Å². The Bertz CT molecular complexity index is 797. The molecule has 8 nitrogen and oxygen atoms in total. The highest BCUT2D eigenvalue weighted by atomic mass is 35.5. The summed E-state index contributed by atoms with van der Waals surface area (Å²) in [5.41, 5.74) is 0.876. The third-order valence-corrected chi connectivity index (χ3v) is 5.11. The van der Waals surface area contributed by atoms with Gasteiger partial charge in [0.15, 0.2) is 11.0 Å². The van der Waals surface area contributed by atoms with Crippen molar-refractivity contribution in [1.82, 2.24) is 25.4 Å². The van der Waals surface area contributed by atoms with E-state index in [0.29, 0.717) is 35.7 Å². The lowest BCUT2D eigenvalue weighted by Gasteiger charge is -2.13. The number of ether oxygens (including phenoxy) is 1. The molecule has 0 aliphatic heterocycles. The number of rotatable bonds is 9. The number of carbonyl (C=O) groups excluding carboxylic acids is 2. The topological polar surface area (TPSA) is 98.1 Å². The fraction of sp³-hybridized carbons (Fsp3) is 0.444. The van der Waals surface area contributed by atoms with E-state index >= 15 is 0 Å². The zero-order valence-corrected chi connectivity index (χ0v) is 17.6. The maximum absolute atomic E-state index is 12.2. The number of benzene rings is 1. The predicted molar refractivity (Wildman–Crippen MR) is 109 cm³/mol. The average molecular weight is 426 g/mol. The van der Waals surface area contributed by atoms with Gasteiger partial charge in [-0.2, -0.15) is 0 Å². The molecule has 0 spiro atoms. The maximum atomic E-state index is 12.2. The Labute approximate surface area is 173 Å². The molecule has 0 saturated heterocycles. The van der Waals surface area contributed by atoms with E-state index in [1.807, 2.05) is 16.7 Å². The first kappa shape index (κ1) is 22.2. The van der Waals surface area contributed by atoms with Crippen molar-refractivity contribution < 1.29 is 14.3 Å². The summed E-state index contributed by atoms with van der Waals surface area (Å²) in [7, 11) is 1.65. The average Bonchev–Trinajstić information content (AvgIpc) is 3.05. The van der Waals surface area contributed by atoms with Crippen molar-refractivity contribution in [2.45, 2.75) is 37.2 Å². The molecule has 0 aliphatic rings. The fourth-order valence-electron chi connectivity index (χ4n) is 2.39. The van der Waals surface area contributed by atoms with Crippen LogP contribution in [0.1, 0.15) is 20.3 Å². The summed E-state index contributed by atoms with van der Waals surface area (Å²) < 4.78 is 7.09. The lowest BCUT2D eigenvalue weighted by Crippen LogP contribution is -2.42. The van der Waals surface area contributed by atoms with E-state index in [1.54, 1.807) is 33.1 Å². The van der Waals surface area contributed by atoms with Gasteiger partial charge in [0, 0.05) is 37.4 Å². The van der Waals surface area contributed by atoms with E-state index in [9.17, 15) is 9.59 Å². The van der Waals surface area contributed by atoms with Gasteiger partial charge in [-0.15, -0.1) is 10.2 Å². The van der Waals surface area contributed by atoms with Crippen LogP contribution >= 0.6 is 23.4 Å². The molecule has 2 aromatic rings. The molecule has 152 valence electrons. The predicted octanol–water partition coefficient (Wildman–Crippen LogP) is 2.96. The minimum absolute atomic E-state index is 0.393. The van der Waals surface area contributed by atoms with Gasteiger partial charge in [-0.05, 0) is 44.5 Å². The second-order valence-corrected chi connectivity index (χ2v) is 7.66. The number of carbonyl (C=O) groups is 2. The molecule has 1 heterocycles. The van der Waals surface area contributed by atoms with Gasteiger partial charge in [0.05, 0.1) is 5.25 Å². The molecule has 0 unspecified atom stereocenters. The third-order valence-electron chi connectivity index (χ3n) is 3.77. The second-order valence-electron chi connectivity index (χ2n) is 5.92. The minimum atomic E-state index is -0.522. The summed E-state index contributed by atoms with van der Waals surface area (Å²) in [6, 6.07) is 6.82. The monoisotopic (exact) mass is 425 g/mol. The zero-order chi connectivity index (χ0) is 20.5. The first-order valence-electron chi connectivity index (χ1n) is 8.89. The van der Waals surface area contributed by atoms with Gasteiger partial charge >= 0.3 is 6.03 Å². The number of aromatic nitrogens is 3. The van der Waals surface area contributed by atoms with Crippen LogP contribution in [0.4, 0.5) is 4.79 Å². The molecule has 0 saturated carbocycles. The fourth-order valence-corrected chi connectivity index (χ4v) is 3.39. The van der Waals surface area contributed by atoms with E-state index in [4.69, 9.17) is 16.3 Å². The Balaban J connectivity index is 2.19. The molecule has 28 heavy (non-hydrogen) atoms. The van der Waals surface area contributed by atoms with Crippen molar-refractivity contribution in [3.63, 3.8) is 0 Å². The number of imide groups is 1. The van der Waals surface area contributed by atoms with E-state index in [0.717, 1.165) is 12.0 Å². The number of methoxy groups -OCH3 is 1. The zero-order valence-electron chi connectivity index (χ0n) is 16.1. The summed E-state index contributed by atoms with van der Waals surface area (Å²) in [5, 5.41) is 14.1. The Kier molecular flexibility index (Phi) is 8.75. The summed E-state index contributed by atoms with van der Waals surface area (Å²) >= 11 is 7.22.